The Balaban J connectivity index is 1.94. The maximum Gasteiger partial charge on any atom is 0.333 e. The molecule has 0 unspecified atom stereocenters. The van der Waals surface area contributed by atoms with Gasteiger partial charge in [-0.05, 0) is 24.3 Å². The first-order chi connectivity index (χ1) is 13.0. The molecule has 0 saturated heterocycles. The summed E-state index contributed by atoms with van der Waals surface area (Å²) in [5, 5.41) is 6.44. The molecule has 0 fully saturated rings. The van der Waals surface area contributed by atoms with Crippen molar-refractivity contribution in [3.8, 4) is 0 Å². The molecule has 0 aliphatic heterocycles. The van der Waals surface area contributed by atoms with Crippen LogP contribution in [0.25, 0.3) is 10.9 Å². The summed E-state index contributed by atoms with van der Waals surface area (Å²) in [6.07, 6.45) is 1.56. The van der Waals surface area contributed by atoms with Crippen LogP contribution in [-0.2, 0) is 0 Å². The van der Waals surface area contributed by atoms with Gasteiger partial charge in [-0.3, -0.25) is 20.6 Å². The number of rotatable bonds is 4. The fraction of sp³-hybridized carbons (Fsp3) is 0.0556. The SMILES string of the molecule is CNC(=O)NNc1ccnc2c(NC(=O)c3c(Cl)cccc3Cl)cccc12. The number of hydrogen-bond acceptors (Lipinski definition) is 4. The summed E-state index contributed by atoms with van der Waals surface area (Å²) in [5.74, 6) is -0.443. The third-order valence-corrected chi connectivity index (χ3v) is 4.38. The van der Waals surface area contributed by atoms with E-state index < -0.39 is 11.9 Å². The predicted octanol–water partition coefficient (Wildman–Crippen LogP) is 4.05. The van der Waals surface area contributed by atoms with E-state index in [2.05, 4.69) is 26.5 Å². The van der Waals surface area contributed by atoms with Crippen molar-refractivity contribution in [2.24, 2.45) is 0 Å². The first kappa shape index (κ1) is 18.8. The summed E-state index contributed by atoms with van der Waals surface area (Å²) in [4.78, 5) is 28.4. The van der Waals surface area contributed by atoms with E-state index in [1.165, 1.54) is 7.05 Å². The van der Waals surface area contributed by atoms with Crippen molar-refractivity contribution in [1.82, 2.24) is 15.7 Å². The number of para-hydroxylation sites is 1. The molecule has 1 aromatic heterocycles. The smallest absolute Gasteiger partial charge is 0.333 e. The van der Waals surface area contributed by atoms with Crippen LogP contribution in [0, 0.1) is 0 Å². The number of urea groups is 1. The van der Waals surface area contributed by atoms with E-state index in [1.54, 1.807) is 42.6 Å². The highest BCUT2D eigenvalue weighted by molar-refractivity contribution is 6.40. The van der Waals surface area contributed by atoms with Crippen LogP contribution >= 0.6 is 23.2 Å². The lowest BCUT2D eigenvalue weighted by molar-refractivity contribution is 0.102. The number of hydrogen-bond donors (Lipinski definition) is 4. The Kier molecular flexibility index (Phi) is 5.63. The molecule has 0 saturated carbocycles. The number of fused-ring (bicyclic) bond motifs is 1. The first-order valence-corrected chi connectivity index (χ1v) is 8.63. The number of carbonyl (C=O) groups is 2. The second-order valence-corrected chi connectivity index (χ2v) is 6.25. The summed E-state index contributed by atoms with van der Waals surface area (Å²) >= 11 is 12.2. The van der Waals surface area contributed by atoms with Gasteiger partial charge in [0, 0.05) is 18.6 Å². The van der Waals surface area contributed by atoms with Crippen LogP contribution in [0.15, 0.2) is 48.7 Å². The third kappa shape index (κ3) is 4.05. The van der Waals surface area contributed by atoms with Gasteiger partial charge in [0.05, 0.1) is 32.5 Å². The minimum absolute atomic E-state index is 0.188. The number of nitrogens with zero attached hydrogens (tertiary/aromatic N) is 1. The van der Waals surface area contributed by atoms with E-state index >= 15 is 0 Å². The molecule has 1 heterocycles. The zero-order valence-corrected chi connectivity index (χ0v) is 15.7. The molecular formula is C18H15Cl2N5O2. The quantitative estimate of drug-likeness (QED) is 0.494. The molecular weight excluding hydrogens is 389 g/mol. The fourth-order valence-corrected chi connectivity index (χ4v) is 3.04. The monoisotopic (exact) mass is 403 g/mol. The van der Waals surface area contributed by atoms with Crippen LogP contribution in [-0.4, -0.2) is 24.0 Å². The van der Waals surface area contributed by atoms with E-state index in [1.807, 2.05) is 6.07 Å². The van der Waals surface area contributed by atoms with E-state index in [-0.39, 0.29) is 15.6 Å². The first-order valence-electron chi connectivity index (χ1n) is 7.88. The third-order valence-electron chi connectivity index (χ3n) is 3.75. The maximum absolute atomic E-state index is 12.6. The number of carbonyl (C=O) groups excluding carboxylic acids is 2. The molecule has 0 atom stereocenters. The van der Waals surface area contributed by atoms with Gasteiger partial charge < -0.3 is 10.6 Å². The van der Waals surface area contributed by atoms with E-state index in [9.17, 15) is 9.59 Å². The van der Waals surface area contributed by atoms with Crippen molar-refractivity contribution in [3.63, 3.8) is 0 Å². The number of anilines is 2. The van der Waals surface area contributed by atoms with E-state index in [0.717, 1.165) is 0 Å². The summed E-state index contributed by atoms with van der Waals surface area (Å²) in [7, 11) is 1.51. The number of hydrazine groups is 1. The molecule has 138 valence electrons. The number of amides is 3. The molecule has 4 N–H and O–H groups in total. The maximum atomic E-state index is 12.6. The van der Waals surface area contributed by atoms with Gasteiger partial charge in [0.1, 0.15) is 0 Å². The summed E-state index contributed by atoms with van der Waals surface area (Å²) in [6, 6.07) is 11.5. The summed E-state index contributed by atoms with van der Waals surface area (Å²) < 4.78 is 0. The minimum atomic E-state index is -0.443. The summed E-state index contributed by atoms with van der Waals surface area (Å²) in [6.45, 7) is 0. The van der Waals surface area contributed by atoms with Gasteiger partial charge in [0.15, 0.2) is 0 Å². The zero-order valence-electron chi connectivity index (χ0n) is 14.1. The van der Waals surface area contributed by atoms with Gasteiger partial charge in [-0.2, -0.15) is 0 Å². The number of pyridine rings is 1. The van der Waals surface area contributed by atoms with Crippen LogP contribution in [0.5, 0.6) is 0 Å². The van der Waals surface area contributed by atoms with Crippen molar-refractivity contribution >= 4 is 57.4 Å². The molecule has 3 aromatic rings. The van der Waals surface area contributed by atoms with Gasteiger partial charge in [-0.25, -0.2) is 4.79 Å². The Morgan fingerprint density at radius 2 is 1.67 bits per heavy atom. The van der Waals surface area contributed by atoms with Crippen molar-refractivity contribution in [2.75, 3.05) is 17.8 Å². The van der Waals surface area contributed by atoms with Crippen LogP contribution < -0.4 is 21.5 Å². The molecule has 3 rings (SSSR count). The van der Waals surface area contributed by atoms with Crippen molar-refractivity contribution < 1.29 is 9.59 Å². The fourth-order valence-electron chi connectivity index (χ4n) is 2.47. The summed E-state index contributed by atoms with van der Waals surface area (Å²) in [5.41, 5.74) is 7.14. The average molecular weight is 404 g/mol. The second kappa shape index (κ2) is 8.11. The standard InChI is InChI=1S/C18H15Cl2N5O2/c1-21-18(27)25-24-13-8-9-22-16-10(13)4-2-7-14(16)23-17(26)15-11(19)5-3-6-12(15)20/h2-9H,1H3,(H,22,24)(H,23,26)(H2,21,25,27). The van der Waals surface area contributed by atoms with Gasteiger partial charge in [-0.1, -0.05) is 41.4 Å². The van der Waals surface area contributed by atoms with Crippen molar-refractivity contribution in [2.45, 2.75) is 0 Å². The molecule has 0 spiro atoms. The molecule has 9 heteroatoms. The Morgan fingerprint density at radius 3 is 2.37 bits per heavy atom. The van der Waals surface area contributed by atoms with Crippen LogP contribution in [0.2, 0.25) is 10.0 Å². The highest BCUT2D eigenvalue weighted by Gasteiger charge is 2.16. The number of benzene rings is 2. The lowest BCUT2D eigenvalue weighted by Gasteiger charge is -2.13. The molecule has 2 aromatic carbocycles. The molecule has 0 aliphatic rings. The molecule has 0 radical (unpaired) electrons. The van der Waals surface area contributed by atoms with Gasteiger partial charge in [-0.15, -0.1) is 0 Å². The highest BCUT2D eigenvalue weighted by Crippen LogP contribution is 2.29. The zero-order chi connectivity index (χ0) is 19.4. The molecule has 0 aliphatic carbocycles. The topological polar surface area (TPSA) is 95.2 Å². The van der Waals surface area contributed by atoms with Gasteiger partial charge >= 0.3 is 6.03 Å². The Bertz CT molecular complexity index is 1010. The van der Waals surface area contributed by atoms with Crippen LogP contribution in [0.1, 0.15) is 10.4 Å². The molecule has 3 amide bonds. The lowest BCUT2D eigenvalue weighted by atomic mass is 10.1. The minimum Gasteiger partial charge on any atom is -0.340 e. The largest absolute Gasteiger partial charge is 0.340 e. The molecule has 0 bridgehead atoms. The Morgan fingerprint density at radius 1 is 0.963 bits per heavy atom. The number of aromatic nitrogens is 1. The Hall–Kier alpha value is -3.03. The van der Waals surface area contributed by atoms with Crippen LogP contribution in [0.4, 0.5) is 16.2 Å². The normalized spacial score (nSPS) is 10.3. The van der Waals surface area contributed by atoms with Crippen molar-refractivity contribution in [3.05, 3.63) is 64.3 Å². The molecule has 7 nitrogen and oxygen atoms in total. The Labute approximate surface area is 165 Å². The predicted molar refractivity (Wildman–Crippen MR) is 107 cm³/mol. The number of halogens is 2. The molecule has 27 heavy (non-hydrogen) atoms. The average Bonchev–Trinajstić information content (AvgIpc) is 2.66. The van der Waals surface area contributed by atoms with Crippen molar-refractivity contribution in [1.29, 1.82) is 0 Å². The second-order valence-electron chi connectivity index (χ2n) is 5.44. The van der Waals surface area contributed by atoms with Gasteiger partial charge in [0.25, 0.3) is 5.91 Å². The van der Waals surface area contributed by atoms with Crippen LogP contribution in [0.3, 0.4) is 0 Å². The van der Waals surface area contributed by atoms with E-state index in [4.69, 9.17) is 23.2 Å². The number of nitrogens with one attached hydrogen (secondary N) is 4. The van der Waals surface area contributed by atoms with E-state index in [0.29, 0.717) is 22.3 Å². The highest BCUT2D eigenvalue weighted by atomic mass is 35.5. The van der Waals surface area contributed by atoms with Gasteiger partial charge in [0.2, 0.25) is 0 Å². The lowest BCUT2D eigenvalue weighted by Crippen LogP contribution is -2.36.